The van der Waals surface area contributed by atoms with Crippen LogP contribution in [0.25, 0.3) is 0 Å². The lowest BCUT2D eigenvalue weighted by molar-refractivity contribution is -0.133. The van der Waals surface area contributed by atoms with Gasteiger partial charge in [0.15, 0.2) is 0 Å². The van der Waals surface area contributed by atoms with Gasteiger partial charge in [0, 0.05) is 44.7 Å². The smallest absolute Gasteiger partial charge is 0.222 e. The molecule has 2 aromatic rings. The lowest BCUT2D eigenvalue weighted by atomic mass is 9.87. The van der Waals surface area contributed by atoms with E-state index < -0.39 is 0 Å². The minimum absolute atomic E-state index is 0.141. The van der Waals surface area contributed by atoms with E-state index in [1.165, 1.54) is 11.1 Å². The number of benzene rings is 1. The summed E-state index contributed by atoms with van der Waals surface area (Å²) in [5.41, 5.74) is 3.56. The molecule has 6 heteroatoms. The van der Waals surface area contributed by atoms with Crippen LogP contribution in [0, 0.1) is 13.8 Å². The molecule has 0 N–H and O–H groups in total. The molecule has 1 saturated heterocycles. The molecule has 1 aromatic carbocycles. The molecule has 2 heterocycles. The van der Waals surface area contributed by atoms with Crippen LogP contribution in [0.5, 0.6) is 5.75 Å². The van der Waals surface area contributed by atoms with Crippen molar-refractivity contribution in [2.24, 2.45) is 0 Å². The molecular weight excluding hydrogens is 378 g/mol. The van der Waals surface area contributed by atoms with Crippen molar-refractivity contribution in [3.8, 4) is 5.75 Å². The van der Waals surface area contributed by atoms with Crippen molar-refractivity contribution < 1.29 is 14.1 Å². The number of piperazine rings is 1. The fraction of sp³-hybridized carbons (Fsp3) is 0.583. The van der Waals surface area contributed by atoms with E-state index in [9.17, 15) is 4.79 Å². The third kappa shape index (κ3) is 5.85. The van der Waals surface area contributed by atoms with E-state index in [4.69, 9.17) is 9.26 Å². The summed E-state index contributed by atoms with van der Waals surface area (Å²) in [6.45, 7) is 15.2. The average molecular weight is 414 g/mol. The number of aromatic nitrogens is 1. The van der Waals surface area contributed by atoms with Crippen LogP contribution in [0.15, 0.2) is 28.8 Å². The number of carbonyl (C=O) groups is 1. The molecule has 0 unspecified atom stereocenters. The standard InChI is InChI=1S/C24H35N3O3/c1-18-22(19(2)30-25-18)17-26-12-14-27(15-13-26)23(28)7-6-16-29-21-10-8-20(9-11-21)24(3,4)5/h8-11H,6-7,12-17H2,1-5H3. The molecule has 0 aliphatic carbocycles. The Morgan fingerprint density at radius 2 is 1.77 bits per heavy atom. The van der Waals surface area contributed by atoms with Gasteiger partial charge in [-0.25, -0.2) is 0 Å². The number of hydrogen-bond acceptors (Lipinski definition) is 5. The van der Waals surface area contributed by atoms with Crippen LogP contribution in [0.2, 0.25) is 0 Å². The summed E-state index contributed by atoms with van der Waals surface area (Å²) >= 11 is 0. The number of hydrogen-bond donors (Lipinski definition) is 0. The van der Waals surface area contributed by atoms with Crippen molar-refractivity contribution in [2.45, 2.75) is 59.4 Å². The van der Waals surface area contributed by atoms with Crippen molar-refractivity contribution in [1.82, 2.24) is 15.0 Å². The van der Waals surface area contributed by atoms with Gasteiger partial charge in [-0.3, -0.25) is 9.69 Å². The SMILES string of the molecule is Cc1noc(C)c1CN1CCN(C(=O)CCCOc2ccc(C(C)(C)C)cc2)CC1. The van der Waals surface area contributed by atoms with Crippen LogP contribution in [-0.2, 0) is 16.8 Å². The van der Waals surface area contributed by atoms with E-state index in [0.29, 0.717) is 13.0 Å². The van der Waals surface area contributed by atoms with Crippen molar-refractivity contribution in [3.63, 3.8) is 0 Å². The highest BCUT2D eigenvalue weighted by Gasteiger charge is 2.22. The van der Waals surface area contributed by atoms with Gasteiger partial charge in [-0.1, -0.05) is 38.1 Å². The zero-order chi connectivity index (χ0) is 21.7. The summed E-state index contributed by atoms with van der Waals surface area (Å²) in [7, 11) is 0. The van der Waals surface area contributed by atoms with Crippen LogP contribution in [0.1, 0.15) is 56.2 Å². The first-order valence-electron chi connectivity index (χ1n) is 10.9. The Labute approximate surface area is 180 Å². The van der Waals surface area contributed by atoms with Crippen molar-refractivity contribution in [3.05, 3.63) is 46.8 Å². The highest BCUT2D eigenvalue weighted by Crippen LogP contribution is 2.24. The van der Waals surface area contributed by atoms with Crippen LogP contribution < -0.4 is 4.74 Å². The van der Waals surface area contributed by atoms with Gasteiger partial charge in [0.1, 0.15) is 11.5 Å². The summed E-state index contributed by atoms with van der Waals surface area (Å²) in [5.74, 6) is 1.97. The monoisotopic (exact) mass is 413 g/mol. The average Bonchev–Trinajstić information content (AvgIpc) is 3.03. The van der Waals surface area contributed by atoms with E-state index in [0.717, 1.165) is 56.3 Å². The molecule has 164 valence electrons. The molecule has 0 saturated carbocycles. The fourth-order valence-electron chi connectivity index (χ4n) is 3.73. The molecule has 6 nitrogen and oxygen atoms in total. The zero-order valence-electron chi connectivity index (χ0n) is 19.0. The van der Waals surface area contributed by atoms with Gasteiger partial charge >= 0.3 is 0 Å². The molecule has 0 spiro atoms. The van der Waals surface area contributed by atoms with Gasteiger partial charge in [-0.15, -0.1) is 0 Å². The van der Waals surface area contributed by atoms with Gasteiger partial charge in [0.05, 0.1) is 12.3 Å². The Hall–Kier alpha value is -2.34. The second kappa shape index (κ2) is 9.65. The van der Waals surface area contributed by atoms with Gasteiger partial charge in [-0.05, 0) is 43.4 Å². The van der Waals surface area contributed by atoms with Crippen LogP contribution in [-0.4, -0.2) is 53.6 Å². The summed E-state index contributed by atoms with van der Waals surface area (Å²) in [6.07, 6.45) is 1.27. The highest BCUT2D eigenvalue weighted by atomic mass is 16.5. The summed E-state index contributed by atoms with van der Waals surface area (Å²) in [5, 5.41) is 4.03. The first-order valence-corrected chi connectivity index (χ1v) is 10.9. The van der Waals surface area contributed by atoms with E-state index >= 15 is 0 Å². The Balaban J connectivity index is 1.35. The maximum absolute atomic E-state index is 12.5. The number of carbonyl (C=O) groups excluding carboxylic acids is 1. The molecule has 1 aromatic heterocycles. The molecular formula is C24H35N3O3. The fourth-order valence-corrected chi connectivity index (χ4v) is 3.73. The summed E-state index contributed by atoms with van der Waals surface area (Å²) in [4.78, 5) is 16.9. The molecule has 30 heavy (non-hydrogen) atoms. The molecule has 0 radical (unpaired) electrons. The minimum atomic E-state index is 0.141. The van der Waals surface area contributed by atoms with Crippen LogP contribution >= 0.6 is 0 Å². The minimum Gasteiger partial charge on any atom is -0.494 e. The van der Waals surface area contributed by atoms with Crippen molar-refractivity contribution in [2.75, 3.05) is 32.8 Å². The van der Waals surface area contributed by atoms with E-state index in [1.54, 1.807) is 0 Å². The van der Waals surface area contributed by atoms with Gasteiger partial charge in [0.2, 0.25) is 5.91 Å². The molecule has 1 aliphatic rings. The topological polar surface area (TPSA) is 58.8 Å². The largest absolute Gasteiger partial charge is 0.494 e. The predicted octanol–water partition coefficient (Wildman–Crippen LogP) is 4.09. The lowest BCUT2D eigenvalue weighted by Gasteiger charge is -2.34. The van der Waals surface area contributed by atoms with Crippen molar-refractivity contribution >= 4 is 5.91 Å². The molecule has 1 amide bonds. The molecule has 0 atom stereocenters. The Kier molecular flexibility index (Phi) is 7.19. The second-order valence-corrected chi connectivity index (χ2v) is 9.19. The Morgan fingerprint density at radius 1 is 1.10 bits per heavy atom. The van der Waals surface area contributed by atoms with E-state index in [1.807, 2.05) is 30.9 Å². The van der Waals surface area contributed by atoms with Gasteiger partial charge < -0.3 is 14.2 Å². The van der Waals surface area contributed by atoms with Gasteiger partial charge in [0.25, 0.3) is 0 Å². The van der Waals surface area contributed by atoms with E-state index in [2.05, 4.69) is 43.0 Å². The molecule has 1 fully saturated rings. The maximum Gasteiger partial charge on any atom is 0.222 e. The van der Waals surface area contributed by atoms with E-state index in [-0.39, 0.29) is 11.3 Å². The summed E-state index contributed by atoms with van der Waals surface area (Å²) in [6, 6.07) is 8.26. The quantitative estimate of drug-likeness (QED) is 0.640. The first kappa shape index (κ1) is 22.3. The predicted molar refractivity (Wildman–Crippen MR) is 118 cm³/mol. The Bertz CT molecular complexity index is 809. The van der Waals surface area contributed by atoms with Crippen LogP contribution in [0.3, 0.4) is 0 Å². The third-order valence-corrected chi connectivity index (χ3v) is 5.81. The zero-order valence-corrected chi connectivity index (χ0v) is 19.0. The number of amides is 1. The third-order valence-electron chi connectivity index (χ3n) is 5.81. The summed E-state index contributed by atoms with van der Waals surface area (Å²) < 4.78 is 11.1. The number of aryl methyl sites for hydroxylation is 2. The van der Waals surface area contributed by atoms with Gasteiger partial charge in [-0.2, -0.15) is 0 Å². The normalized spacial score (nSPS) is 15.4. The highest BCUT2D eigenvalue weighted by molar-refractivity contribution is 5.76. The Morgan fingerprint density at radius 3 is 2.33 bits per heavy atom. The number of nitrogens with zero attached hydrogens (tertiary/aromatic N) is 3. The second-order valence-electron chi connectivity index (χ2n) is 9.19. The molecule has 1 aliphatic heterocycles. The first-order chi connectivity index (χ1) is 14.2. The van der Waals surface area contributed by atoms with Crippen LogP contribution in [0.4, 0.5) is 0 Å². The molecule has 3 rings (SSSR count). The maximum atomic E-state index is 12.5. The van der Waals surface area contributed by atoms with Crippen molar-refractivity contribution in [1.29, 1.82) is 0 Å². The number of rotatable bonds is 7. The number of ether oxygens (including phenoxy) is 1. The lowest BCUT2D eigenvalue weighted by Crippen LogP contribution is -2.48. The molecule has 0 bridgehead atoms.